The Morgan fingerprint density at radius 1 is 1.32 bits per heavy atom. The van der Waals surface area contributed by atoms with E-state index in [1.54, 1.807) is 6.20 Å². The number of nitrogens with zero attached hydrogens (tertiary/aromatic N) is 3. The van der Waals surface area contributed by atoms with Crippen molar-refractivity contribution in [3.8, 4) is 0 Å². The molecule has 5 nitrogen and oxygen atoms in total. The molecular weight excluding hydrogens is 262 g/mol. The molecule has 1 heterocycles. The highest BCUT2D eigenvalue weighted by Crippen LogP contribution is 2.18. The predicted octanol–water partition coefficient (Wildman–Crippen LogP) is 3.48. The lowest BCUT2D eigenvalue weighted by atomic mass is 10.3. The van der Waals surface area contributed by atoms with Gasteiger partial charge in [-0.25, -0.2) is 0 Å². The van der Waals surface area contributed by atoms with Crippen molar-refractivity contribution in [2.24, 2.45) is 0 Å². The standard InChI is InChI=1S/C13H16ClN5/c1-2-3-7-15-13-18-12(9-16-19-13)17-11-6-4-5-10(14)8-11/h4-6,8-9H,2-3,7H2,1H3,(H2,15,17,18,19). The Hall–Kier alpha value is -1.88. The molecule has 2 N–H and O–H groups in total. The van der Waals surface area contributed by atoms with Crippen LogP contribution in [0.2, 0.25) is 5.02 Å². The van der Waals surface area contributed by atoms with Gasteiger partial charge in [0.25, 0.3) is 0 Å². The average molecular weight is 278 g/mol. The van der Waals surface area contributed by atoms with Gasteiger partial charge in [0.15, 0.2) is 5.82 Å². The third kappa shape index (κ3) is 4.37. The number of hydrogen-bond donors (Lipinski definition) is 2. The minimum atomic E-state index is 0.528. The molecule has 0 saturated carbocycles. The van der Waals surface area contributed by atoms with Crippen LogP contribution in [-0.4, -0.2) is 21.7 Å². The maximum Gasteiger partial charge on any atom is 0.244 e. The van der Waals surface area contributed by atoms with Crippen molar-refractivity contribution in [2.45, 2.75) is 19.8 Å². The summed E-state index contributed by atoms with van der Waals surface area (Å²) in [4.78, 5) is 4.33. The molecule has 0 amide bonds. The molecule has 0 aliphatic heterocycles. The van der Waals surface area contributed by atoms with Gasteiger partial charge in [0.2, 0.25) is 5.95 Å². The summed E-state index contributed by atoms with van der Waals surface area (Å²) in [6.45, 7) is 2.98. The molecular formula is C13H16ClN5. The Morgan fingerprint density at radius 3 is 3.00 bits per heavy atom. The van der Waals surface area contributed by atoms with Crippen LogP contribution in [0.25, 0.3) is 0 Å². The molecule has 100 valence electrons. The molecule has 0 bridgehead atoms. The normalized spacial score (nSPS) is 10.2. The summed E-state index contributed by atoms with van der Waals surface area (Å²) in [6, 6.07) is 7.44. The summed E-state index contributed by atoms with van der Waals surface area (Å²) in [5.74, 6) is 1.16. The van der Waals surface area contributed by atoms with E-state index in [4.69, 9.17) is 11.6 Å². The Labute approximate surface area is 117 Å². The van der Waals surface area contributed by atoms with Crippen LogP contribution in [0.4, 0.5) is 17.5 Å². The van der Waals surface area contributed by atoms with Crippen LogP contribution >= 0.6 is 11.6 Å². The maximum absolute atomic E-state index is 5.93. The first-order valence-electron chi connectivity index (χ1n) is 6.24. The van der Waals surface area contributed by atoms with E-state index < -0.39 is 0 Å². The van der Waals surface area contributed by atoms with Crippen LogP contribution in [0, 0.1) is 0 Å². The topological polar surface area (TPSA) is 62.7 Å². The fourth-order valence-corrected chi connectivity index (χ4v) is 1.72. The second-order valence-corrected chi connectivity index (χ2v) is 4.52. The summed E-state index contributed by atoms with van der Waals surface area (Å²) < 4.78 is 0. The minimum absolute atomic E-state index is 0.528. The zero-order chi connectivity index (χ0) is 13.5. The lowest BCUT2D eigenvalue weighted by molar-refractivity contribution is 0.819. The molecule has 0 spiro atoms. The van der Waals surface area contributed by atoms with Crippen LogP contribution in [0.1, 0.15) is 19.8 Å². The van der Waals surface area contributed by atoms with Crippen molar-refractivity contribution in [3.63, 3.8) is 0 Å². The molecule has 2 rings (SSSR count). The van der Waals surface area contributed by atoms with E-state index in [9.17, 15) is 0 Å². The van der Waals surface area contributed by atoms with Gasteiger partial charge < -0.3 is 10.6 Å². The van der Waals surface area contributed by atoms with Gasteiger partial charge in [0.1, 0.15) is 0 Å². The van der Waals surface area contributed by atoms with Crippen LogP contribution in [-0.2, 0) is 0 Å². The van der Waals surface area contributed by atoms with Crippen molar-refractivity contribution >= 4 is 29.1 Å². The van der Waals surface area contributed by atoms with Crippen molar-refractivity contribution in [2.75, 3.05) is 17.2 Å². The molecule has 0 aliphatic rings. The minimum Gasteiger partial charge on any atom is -0.353 e. The Morgan fingerprint density at radius 2 is 2.21 bits per heavy atom. The maximum atomic E-state index is 5.93. The second kappa shape index (κ2) is 6.89. The van der Waals surface area contributed by atoms with E-state index in [1.807, 2.05) is 24.3 Å². The van der Waals surface area contributed by atoms with Crippen molar-refractivity contribution < 1.29 is 0 Å². The van der Waals surface area contributed by atoms with Crippen LogP contribution in [0.15, 0.2) is 30.5 Å². The first-order valence-corrected chi connectivity index (χ1v) is 6.62. The molecule has 19 heavy (non-hydrogen) atoms. The van der Waals surface area contributed by atoms with Crippen LogP contribution in [0.5, 0.6) is 0 Å². The molecule has 0 aliphatic carbocycles. The quantitative estimate of drug-likeness (QED) is 0.792. The molecule has 0 atom stereocenters. The third-order valence-corrected chi connectivity index (χ3v) is 2.70. The van der Waals surface area contributed by atoms with E-state index in [0.29, 0.717) is 16.8 Å². The van der Waals surface area contributed by atoms with Gasteiger partial charge in [0.05, 0.1) is 6.20 Å². The largest absolute Gasteiger partial charge is 0.353 e. The first kappa shape index (κ1) is 13.5. The van der Waals surface area contributed by atoms with E-state index in [-0.39, 0.29) is 0 Å². The van der Waals surface area contributed by atoms with E-state index in [0.717, 1.165) is 25.1 Å². The van der Waals surface area contributed by atoms with Crippen LogP contribution in [0.3, 0.4) is 0 Å². The Bertz CT molecular complexity index is 532. The summed E-state index contributed by atoms with van der Waals surface area (Å²) in [6.07, 6.45) is 3.78. The van der Waals surface area contributed by atoms with E-state index in [1.165, 1.54) is 0 Å². The fourth-order valence-electron chi connectivity index (χ4n) is 1.53. The highest BCUT2D eigenvalue weighted by molar-refractivity contribution is 6.30. The summed E-state index contributed by atoms with van der Waals surface area (Å²) >= 11 is 5.93. The molecule has 6 heteroatoms. The van der Waals surface area contributed by atoms with E-state index >= 15 is 0 Å². The van der Waals surface area contributed by atoms with Gasteiger partial charge in [0, 0.05) is 17.3 Å². The molecule has 1 aromatic carbocycles. The van der Waals surface area contributed by atoms with Gasteiger partial charge in [-0.15, -0.1) is 5.10 Å². The highest BCUT2D eigenvalue weighted by atomic mass is 35.5. The van der Waals surface area contributed by atoms with Gasteiger partial charge >= 0.3 is 0 Å². The van der Waals surface area contributed by atoms with Crippen molar-refractivity contribution in [3.05, 3.63) is 35.5 Å². The number of anilines is 3. The molecule has 0 fully saturated rings. The highest BCUT2D eigenvalue weighted by Gasteiger charge is 2.01. The lowest BCUT2D eigenvalue weighted by Gasteiger charge is -2.07. The lowest BCUT2D eigenvalue weighted by Crippen LogP contribution is -2.07. The molecule has 2 aromatic rings. The molecule has 1 aromatic heterocycles. The number of hydrogen-bond acceptors (Lipinski definition) is 5. The number of benzene rings is 1. The monoisotopic (exact) mass is 277 g/mol. The zero-order valence-electron chi connectivity index (χ0n) is 10.7. The van der Waals surface area contributed by atoms with Gasteiger partial charge in [-0.05, 0) is 24.6 Å². The van der Waals surface area contributed by atoms with Gasteiger partial charge in [-0.3, -0.25) is 0 Å². The smallest absolute Gasteiger partial charge is 0.244 e. The summed E-state index contributed by atoms with van der Waals surface area (Å²) in [5.41, 5.74) is 0.868. The second-order valence-electron chi connectivity index (χ2n) is 4.08. The van der Waals surface area contributed by atoms with E-state index in [2.05, 4.69) is 32.7 Å². The number of rotatable bonds is 6. The first-order chi connectivity index (χ1) is 9.28. The Kier molecular flexibility index (Phi) is 4.92. The number of aromatic nitrogens is 3. The van der Waals surface area contributed by atoms with Crippen LogP contribution < -0.4 is 10.6 Å². The zero-order valence-corrected chi connectivity index (χ0v) is 11.5. The third-order valence-electron chi connectivity index (χ3n) is 2.47. The average Bonchev–Trinajstić information content (AvgIpc) is 2.39. The number of unbranched alkanes of at least 4 members (excludes halogenated alkanes) is 1. The molecule has 0 radical (unpaired) electrons. The number of halogens is 1. The summed E-state index contributed by atoms with van der Waals surface area (Å²) in [5, 5.41) is 14.8. The SMILES string of the molecule is CCCCNc1nncc(Nc2cccc(Cl)c2)n1. The summed E-state index contributed by atoms with van der Waals surface area (Å²) in [7, 11) is 0. The molecule has 0 saturated heterocycles. The van der Waals surface area contributed by atoms with Crippen molar-refractivity contribution in [1.82, 2.24) is 15.2 Å². The Balaban J connectivity index is 2.02. The van der Waals surface area contributed by atoms with Gasteiger partial charge in [-0.1, -0.05) is 31.0 Å². The van der Waals surface area contributed by atoms with Crippen molar-refractivity contribution in [1.29, 1.82) is 0 Å². The molecule has 0 unspecified atom stereocenters. The fraction of sp³-hybridized carbons (Fsp3) is 0.308. The predicted molar refractivity (Wildman–Crippen MR) is 78.0 cm³/mol. The number of nitrogens with one attached hydrogen (secondary N) is 2. The van der Waals surface area contributed by atoms with Gasteiger partial charge in [-0.2, -0.15) is 10.1 Å².